The molecule has 0 aromatic rings. The summed E-state index contributed by atoms with van der Waals surface area (Å²) in [5.74, 6) is 0. The van der Waals surface area contributed by atoms with Crippen molar-refractivity contribution in [1.29, 1.82) is 0 Å². The van der Waals surface area contributed by atoms with Crippen LogP contribution in [0.15, 0.2) is 0 Å². The van der Waals surface area contributed by atoms with Gasteiger partial charge in [-0.05, 0) is 6.92 Å². The van der Waals surface area contributed by atoms with Crippen molar-refractivity contribution in [3.05, 3.63) is 6.92 Å². The molecule has 1 atom stereocenters. The van der Waals surface area contributed by atoms with Crippen molar-refractivity contribution in [1.82, 2.24) is 0 Å². The minimum atomic E-state index is -1.47. The smallest absolute Gasteiger partial charge is 0.201 e. The molecule has 0 aromatic heterocycles. The maximum absolute atomic E-state index is 11.9. The van der Waals surface area contributed by atoms with Crippen LogP contribution in [0.5, 0.6) is 0 Å². The van der Waals surface area contributed by atoms with Crippen molar-refractivity contribution in [3.63, 3.8) is 0 Å². The SMILES string of the molecule is [CH2]COC(F)CCF. The molecule has 0 heterocycles. The zero-order chi connectivity index (χ0) is 6.41. The Morgan fingerprint density at radius 2 is 2.25 bits per heavy atom. The predicted octanol–water partition coefficient (Wildman–Crippen LogP) is 1.49. The van der Waals surface area contributed by atoms with Crippen LogP contribution >= 0.6 is 0 Å². The third kappa shape index (κ3) is 3.99. The zero-order valence-electron chi connectivity index (χ0n) is 4.57. The highest BCUT2D eigenvalue weighted by molar-refractivity contribution is 4.40. The molecule has 8 heavy (non-hydrogen) atoms. The maximum atomic E-state index is 11.9. The Bertz CT molecular complexity index is 43.7. The third-order valence-corrected chi connectivity index (χ3v) is 0.635. The van der Waals surface area contributed by atoms with Crippen LogP contribution in [0.2, 0.25) is 0 Å². The summed E-state index contributed by atoms with van der Waals surface area (Å²) in [5, 5.41) is 0. The van der Waals surface area contributed by atoms with Crippen molar-refractivity contribution in [2.75, 3.05) is 13.3 Å². The van der Waals surface area contributed by atoms with E-state index in [1.54, 1.807) is 0 Å². The lowest BCUT2D eigenvalue weighted by atomic mass is 10.5. The molecule has 3 heteroatoms. The first-order chi connectivity index (χ1) is 3.81. The normalized spacial score (nSPS) is 13.9. The van der Waals surface area contributed by atoms with Gasteiger partial charge in [-0.15, -0.1) is 0 Å². The molecule has 1 nitrogen and oxygen atoms in total. The lowest BCUT2D eigenvalue weighted by Crippen LogP contribution is -2.06. The summed E-state index contributed by atoms with van der Waals surface area (Å²) < 4.78 is 27.4. The first-order valence-electron chi connectivity index (χ1n) is 2.42. The Morgan fingerprint density at radius 1 is 1.62 bits per heavy atom. The second kappa shape index (κ2) is 4.97. The number of ether oxygens (including phenoxy) is 1. The Kier molecular flexibility index (Phi) is 4.85. The van der Waals surface area contributed by atoms with E-state index in [4.69, 9.17) is 0 Å². The van der Waals surface area contributed by atoms with E-state index in [9.17, 15) is 8.78 Å². The van der Waals surface area contributed by atoms with Gasteiger partial charge in [-0.2, -0.15) is 0 Å². The molecular weight excluding hydrogens is 114 g/mol. The van der Waals surface area contributed by atoms with E-state index in [-0.39, 0.29) is 13.0 Å². The Balaban J connectivity index is 2.92. The summed E-state index contributed by atoms with van der Waals surface area (Å²) in [6.07, 6.45) is -1.66. The molecule has 0 bridgehead atoms. The van der Waals surface area contributed by atoms with Crippen molar-refractivity contribution in [3.8, 4) is 0 Å². The van der Waals surface area contributed by atoms with Crippen molar-refractivity contribution < 1.29 is 13.5 Å². The minimum absolute atomic E-state index is 0.0567. The van der Waals surface area contributed by atoms with Gasteiger partial charge in [-0.1, -0.05) is 0 Å². The van der Waals surface area contributed by atoms with Gasteiger partial charge in [0.25, 0.3) is 0 Å². The van der Waals surface area contributed by atoms with Gasteiger partial charge in [-0.3, -0.25) is 4.39 Å². The zero-order valence-corrected chi connectivity index (χ0v) is 4.57. The molecule has 0 saturated carbocycles. The largest absolute Gasteiger partial charge is 0.348 e. The van der Waals surface area contributed by atoms with Crippen molar-refractivity contribution in [2.24, 2.45) is 0 Å². The molecule has 0 aromatic carbocycles. The van der Waals surface area contributed by atoms with Crippen LogP contribution < -0.4 is 0 Å². The van der Waals surface area contributed by atoms with Gasteiger partial charge in [0, 0.05) is 6.42 Å². The highest BCUT2D eigenvalue weighted by Gasteiger charge is 2.02. The van der Waals surface area contributed by atoms with Gasteiger partial charge in [0.1, 0.15) is 0 Å². The quantitative estimate of drug-likeness (QED) is 0.550. The highest BCUT2D eigenvalue weighted by Crippen LogP contribution is 1.98. The van der Waals surface area contributed by atoms with Crippen LogP contribution in [-0.2, 0) is 4.74 Å². The van der Waals surface area contributed by atoms with Gasteiger partial charge in [0.15, 0.2) is 0 Å². The summed E-state index contributed by atoms with van der Waals surface area (Å²) in [5.41, 5.74) is 0. The van der Waals surface area contributed by atoms with E-state index < -0.39 is 13.0 Å². The van der Waals surface area contributed by atoms with Crippen LogP contribution in [0, 0.1) is 6.92 Å². The van der Waals surface area contributed by atoms with Crippen LogP contribution in [0.3, 0.4) is 0 Å². The maximum Gasteiger partial charge on any atom is 0.201 e. The minimum Gasteiger partial charge on any atom is -0.348 e. The number of halogens is 2. The van der Waals surface area contributed by atoms with E-state index in [0.29, 0.717) is 0 Å². The second-order valence-electron chi connectivity index (χ2n) is 1.26. The summed E-state index contributed by atoms with van der Waals surface area (Å²) in [6, 6.07) is 0. The molecule has 1 radical (unpaired) electrons. The highest BCUT2D eigenvalue weighted by atomic mass is 19.2. The average molecular weight is 123 g/mol. The van der Waals surface area contributed by atoms with Crippen LogP contribution in [0.25, 0.3) is 0 Å². The molecule has 1 unspecified atom stereocenters. The van der Waals surface area contributed by atoms with Crippen LogP contribution in [-0.4, -0.2) is 19.6 Å². The van der Waals surface area contributed by atoms with Gasteiger partial charge >= 0.3 is 0 Å². The Labute approximate surface area is 47.6 Å². The monoisotopic (exact) mass is 123 g/mol. The molecule has 0 spiro atoms. The molecule has 0 amide bonds. The molecule has 0 aliphatic carbocycles. The molecule has 0 rings (SSSR count). The Hall–Kier alpha value is -0.180. The number of hydrogen-bond acceptors (Lipinski definition) is 1. The summed E-state index contributed by atoms with van der Waals surface area (Å²) >= 11 is 0. The van der Waals surface area contributed by atoms with E-state index in [2.05, 4.69) is 11.7 Å². The molecular formula is C5H9F2O. The van der Waals surface area contributed by atoms with Gasteiger partial charge in [0.05, 0.1) is 13.3 Å². The molecule has 0 saturated heterocycles. The average Bonchev–Trinajstić information content (AvgIpc) is 1.68. The summed E-state index contributed by atoms with van der Waals surface area (Å²) in [6.45, 7) is 2.60. The molecule has 0 N–H and O–H groups in total. The Morgan fingerprint density at radius 3 is 2.62 bits per heavy atom. The van der Waals surface area contributed by atoms with E-state index in [1.807, 2.05) is 0 Å². The summed E-state index contributed by atoms with van der Waals surface area (Å²) in [4.78, 5) is 0. The fraction of sp³-hybridized carbons (Fsp3) is 0.800. The van der Waals surface area contributed by atoms with Gasteiger partial charge < -0.3 is 4.74 Å². The van der Waals surface area contributed by atoms with Gasteiger partial charge in [0.2, 0.25) is 6.36 Å². The summed E-state index contributed by atoms with van der Waals surface area (Å²) in [7, 11) is 0. The fourth-order valence-electron chi connectivity index (χ4n) is 0.297. The van der Waals surface area contributed by atoms with E-state index in [0.717, 1.165) is 0 Å². The molecule has 0 aliphatic heterocycles. The topological polar surface area (TPSA) is 9.23 Å². The lowest BCUT2D eigenvalue weighted by Gasteiger charge is -2.02. The molecule has 0 aliphatic rings. The number of rotatable bonds is 4. The molecule has 0 fully saturated rings. The van der Waals surface area contributed by atoms with E-state index in [1.165, 1.54) is 0 Å². The number of hydrogen-bond donors (Lipinski definition) is 0. The van der Waals surface area contributed by atoms with Gasteiger partial charge in [-0.25, -0.2) is 4.39 Å². The molecule has 49 valence electrons. The van der Waals surface area contributed by atoms with Crippen molar-refractivity contribution >= 4 is 0 Å². The second-order valence-corrected chi connectivity index (χ2v) is 1.26. The predicted molar refractivity (Wildman–Crippen MR) is 26.8 cm³/mol. The van der Waals surface area contributed by atoms with Crippen LogP contribution in [0.1, 0.15) is 6.42 Å². The first kappa shape index (κ1) is 7.82. The van der Waals surface area contributed by atoms with Crippen molar-refractivity contribution in [2.45, 2.75) is 12.8 Å². The number of alkyl halides is 2. The van der Waals surface area contributed by atoms with E-state index >= 15 is 0 Å². The van der Waals surface area contributed by atoms with Crippen LogP contribution in [0.4, 0.5) is 8.78 Å². The standard InChI is InChI=1S/C5H9F2O/c1-2-8-5(7)3-4-6/h5H,1-4H2. The lowest BCUT2D eigenvalue weighted by molar-refractivity contribution is -0.0337. The fourth-order valence-corrected chi connectivity index (χ4v) is 0.297. The first-order valence-corrected chi connectivity index (χ1v) is 2.42. The third-order valence-electron chi connectivity index (χ3n) is 0.635.